The van der Waals surface area contributed by atoms with Crippen molar-refractivity contribution in [3.8, 4) is 0 Å². The first kappa shape index (κ1) is 14.7. The first-order valence-corrected chi connectivity index (χ1v) is 9.33. The van der Waals surface area contributed by atoms with Crippen LogP contribution in [0.2, 0.25) is 0 Å². The van der Waals surface area contributed by atoms with Gasteiger partial charge in [-0.2, -0.15) is 0 Å². The highest BCUT2D eigenvalue weighted by atomic mass is 32.1. The lowest BCUT2D eigenvalue weighted by atomic mass is 9.89. The van der Waals surface area contributed by atoms with Crippen molar-refractivity contribution in [1.29, 1.82) is 0 Å². The van der Waals surface area contributed by atoms with E-state index in [9.17, 15) is 4.79 Å². The maximum atomic E-state index is 12.2. The number of aryl methyl sites for hydroxylation is 1. The fourth-order valence-electron chi connectivity index (χ4n) is 3.20. The van der Waals surface area contributed by atoms with Gasteiger partial charge in [0.2, 0.25) is 5.91 Å². The average molecular weight is 343 g/mol. The molecule has 0 spiro atoms. The van der Waals surface area contributed by atoms with Gasteiger partial charge in [-0.05, 0) is 30.9 Å². The molecule has 1 aliphatic heterocycles. The molecule has 0 aliphatic carbocycles. The van der Waals surface area contributed by atoms with Crippen molar-refractivity contribution < 1.29 is 4.79 Å². The molecule has 4 nitrogen and oxygen atoms in total. The zero-order valence-corrected chi connectivity index (χ0v) is 14.6. The van der Waals surface area contributed by atoms with Gasteiger partial charge in [0.15, 0.2) is 5.13 Å². The number of rotatable bonds is 3. The van der Waals surface area contributed by atoms with E-state index >= 15 is 0 Å². The Labute approximate surface area is 142 Å². The number of hydrogen-bond acceptors (Lipinski definition) is 5. The maximum Gasteiger partial charge on any atom is 0.226 e. The van der Waals surface area contributed by atoms with E-state index < -0.39 is 0 Å². The second kappa shape index (κ2) is 5.62. The van der Waals surface area contributed by atoms with E-state index in [-0.39, 0.29) is 11.8 Å². The number of nitrogens with one attached hydrogen (secondary N) is 2. The molecule has 0 bridgehead atoms. The fraction of sp³-hybridized carbons (Fsp3) is 0.294. The normalized spacial score (nSPS) is 17.1. The van der Waals surface area contributed by atoms with Crippen molar-refractivity contribution >= 4 is 49.6 Å². The molecule has 0 fully saturated rings. The van der Waals surface area contributed by atoms with Gasteiger partial charge in [-0.3, -0.25) is 4.79 Å². The van der Waals surface area contributed by atoms with E-state index in [2.05, 4.69) is 46.8 Å². The number of carbonyl (C=O) groups excluding carboxylic acids is 1. The molecule has 3 heterocycles. The second-order valence-corrected chi connectivity index (χ2v) is 7.92. The zero-order chi connectivity index (χ0) is 16.0. The number of thiophene rings is 1. The molecule has 4 rings (SSSR count). The van der Waals surface area contributed by atoms with Gasteiger partial charge in [0, 0.05) is 28.5 Å². The van der Waals surface area contributed by atoms with Crippen LogP contribution in [-0.2, 0) is 4.79 Å². The largest absolute Gasteiger partial charge is 0.362 e. The minimum atomic E-state index is 0.0468. The van der Waals surface area contributed by atoms with Gasteiger partial charge in [-0.1, -0.05) is 29.5 Å². The monoisotopic (exact) mass is 343 g/mol. The summed E-state index contributed by atoms with van der Waals surface area (Å²) in [7, 11) is 0. The number of anilines is 2. The Balaban J connectivity index is 1.88. The number of thiazole rings is 1. The second-order valence-electron chi connectivity index (χ2n) is 5.64. The minimum absolute atomic E-state index is 0.0468. The Morgan fingerprint density at radius 2 is 2.17 bits per heavy atom. The van der Waals surface area contributed by atoms with Crippen LogP contribution in [-0.4, -0.2) is 17.4 Å². The quantitative estimate of drug-likeness (QED) is 0.732. The van der Waals surface area contributed by atoms with Crippen LogP contribution in [0.15, 0.2) is 24.3 Å². The molecular formula is C17H17N3OS2. The molecule has 0 saturated heterocycles. The van der Waals surface area contributed by atoms with E-state index in [0.29, 0.717) is 6.42 Å². The first-order valence-electron chi connectivity index (χ1n) is 7.69. The number of hydrogen-bond donors (Lipinski definition) is 2. The zero-order valence-electron chi connectivity index (χ0n) is 13.0. The highest BCUT2D eigenvalue weighted by Crippen LogP contribution is 2.47. The molecule has 3 aromatic rings. The van der Waals surface area contributed by atoms with Crippen LogP contribution in [0.3, 0.4) is 0 Å². The molecule has 0 radical (unpaired) electrons. The Morgan fingerprint density at radius 1 is 1.35 bits per heavy atom. The van der Waals surface area contributed by atoms with Gasteiger partial charge in [0.05, 0.1) is 4.88 Å². The molecule has 23 heavy (non-hydrogen) atoms. The van der Waals surface area contributed by atoms with E-state index in [1.165, 1.54) is 20.5 Å². The van der Waals surface area contributed by atoms with Crippen molar-refractivity contribution in [3.63, 3.8) is 0 Å². The molecule has 1 aliphatic rings. The minimum Gasteiger partial charge on any atom is -0.362 e. The molecule has 0 saturated carbocycles. The molecule has 6 heteroatoms. The van der Waals surface area contributed by atoms with Crippen LogP contribution < -0.4 is 10.6 Å². The van der Waals surface area contributed by atoms with Gasteiger partial charge in [0.1, 0.15) is 5.82 Å². The molecule has 2 aromatic heterocycles. The average Bonchev–Trinajstić information content (AvgIpc) is 3.06. The Bertz CT molecular complexity index is 897. The van der Waals surface area contributed by atoms with Crippen molar-refractivity contribution in [2.24, 2.45) is 0 Å². The van der Waals surface area contributed by atoms with Gasteiger partial charge in [-0.25, -0.2) is 4.98 Å². The van der Waals surface area contributed by atoms with Gasteiger partial charge in [-0.15, -0.1) is 11.3 Å². The third-order valence-corrected chi connectivity index (χ3v) is 6.34. The Hall–Kier alpha value is -1.92. The third kappa shape index (κ3) is 2.42. The molecule has 2 N–H and O–H groups in total. The number of amides is 1. The van der Waals surface area contributed by atoms with Crippen molar-refractivity contribution in [2.45, 2.75) is 26.2 Å². The summed E-state index contributed by atoms with van der Waals surface area (Å²) in [5.74, 6) is 0.868. The van der Waals surface area contributed by atoms with Crippen molar-refractivity contribution in [3.05, 3.63) is 39.6 Å². The van der Waals surface area contributed by atoms with Crippen LogP contribution >= 0.6 is 22.7 Å². The number of fused-ring (bicyclic) bond motifs is 2. The van der Waals surface area contributed by atoms with Crippen molar-refractivity contribution in [2.75, 3.05) is 17.2 Å². The van der Waals surface area contributed by atoms with E-state index in [1.807, 2.05) is 6.92 Å². The molecular weight excluding hydrogens is 326 g/mol. The van der Waals surface area contributed by atoms with Crippen LogP contribution in [0.5, 0.6) is 0 Å². The summed E-state index contributed by atoms with van der Waals surface area (Å²) in [6.07, 6.45) is 0.488. The van der Waals surface area contributed by atoms with Gasteiger partial charge >= 0.3 is 0 Å². The highest BCUT2D eigenvalue weighted by Gasteiger charge is 2.32. The molecule has 1 amide bonds. The van der Waals surface area contributed by atoms with Crippen LogP contribution in [0.4, 0.5) is 10.9 Å². The number of benzene rings is 1. The Kier molecular flexibility index (Phi) is 3.58. The van der Waals surface area contributed by atoms with Gasteiger partial charge < -0.3 is 10.6 Å². The van der Waals surface area contributed by atoms with Crippen LogP contribution in [0.25, 0.3) is 10.1 Å². The number of carbonyl (C=O) groups is 1. The lowest BCUT2D eigenvalue weighted by molar-refractivity contribution is -0.116. The molecule has 1 aromatic carbocycles. The maximum absolute atomic E-state index is 12.2. The predicted octanol–water partition coefficient (Wildman–Crippen LogP) is 4.57. The standard InChI is InChI=1S/C17H17N3OS2/c1-3-18-17-20-16-15(23-17)11(8-13(21)19-16)14-9(2)22-12-7-5-4-6-10(12)14/h4-7,11H,3,8H2,1-2H3,(H,18,20)(H,19,21). The van der Waals surface area contributed by atoms with Gasteiger partial charge in [0.25, 0.3) is 0 Å². The molecule has 118 valence electrons. The molecule has 1 atom stereocenters. The van der Waals surface area contributed by atoms with Crippen LogP contribution in [0, 0.1) is 6.92 Å². The summed E-state index contributed by atoms with van der Waals surface area (Å²) in [4.78, 5) is 19.2. The topological polar surface area (TPSA) is 54.0 Å². The Morgan fingerprint density at radius 3 is 3.00 bits per heavy atom. The van der Waals surface area contributed by atoms with Crippen LogP contribution in [0.1, 0.15) is 34.6 Å². The lowest BCUT2D eigenvalue weighted by Gasteiger charge is -2.22. The van der Waals surface area contributed by atoms with Crippen molar-refractivity contribution in [1.82, 2.24) is 4.98 Å². The summed E-state index contributed by atoms with van der Waals surface area (Å²) < 4.78 is 1.28. The summed E-state index contributed by atoms with van der Waals surface area (Å²) in [6, 6.07) is 8.44. The predicted molar refractivity (Wildman–Crippen MR) is 97.9 cm³/mol. The smallest absolute Gasteiger partial charge is 0.226 e. The summed E-state index contributed by atoms with van der Waals surface area (Å²) in [5, 5.41) is 8.32. The number of aromatic nitrogens is 1. The summed E-state index contributed by atoms with van der Waals surface area (Å²) in [6.45, 7) is 5.02. The highest BCUT2D eigenvalue weighted by molar-refractivity contribution is 7.19. The summed E-state index contributed by atoms with van der Waals surface area (Å²) >= 11 is 3.46. The first-order chi connectivity index (χ1) is 11.2. The fourth-order valence-corrected chi connectivity index (χ4v) is 5.42. The van der Waals surface area contributed by atoms with E-state index in [0.717, 1.165) is 22.4 Å². The third-order valence-electron chi connectivity index (χ3n) is 4.11. The SMILES string of the molecule is CCNc1nc2c(s1)C(c1c(C)sc3ccccc13)CC(=O)N2. The summed E-state index contributed by atoms with van der Waals surface area (Å²) in [5.41, 5.74) is 1.29. The van der Waals surface area contributed by atoms with E-state index in [1.54, 1.807) is 22.7 Å². The number of nitrogens with zero attached hydrogens (tertiary/aromatic N) is 1. The lowest BCUT2D eigenvalue weighted by Crippen LogP contribution is -2.22. The van der Waals surface area contributed by atoms with E-state index in [4.69, 9.17) is 0 Å². The molecule has 1 unspecified atom stereocenters.